The van der Waals surface area contributed by atoms with Gasteiger partial charge in [0.05, 0.1) is 0 Å². The number of nitrogens with one attached hydrogen (secondary N) is 1. The number of amides is 2. The van der Waals surface area contributed by atoms with E-state index in [0.717, 1.165) is 10.8 Å². The third kappa shape index (κ3) is 5.15. The summed E-state index contributed by atoms with van der Waals surface area (Å²) in [5.74, 6) is -0.428. The Bertz CT molecular complexity index is 922. The number of nitrogens with zero attached hydrogens (tertiary/aromatic N) is 2. The molecule has 0 bridgehead atoms. The van der Waals surface area contributed by atoms with Crippen molar-refractivity contribution < 1.29 is 14.3 Å². The van der Waals surface area contributed by atoms with Crippen LogP contribution >= 0.6 is 11.3 Å². The molecule has 1 heterocycles. The van der Waals surface area contributed by atoms with Crippen LogP contribution in [0.3, 0.4) is 0 Å². The smallest absolute Gasteiger partial charge is 0.254 e. The minimum Gasteiger partial charge on any atom is -0.382 e. The van der Waals surface area contributed by atoms with E-state index in [0.29, 0.717) is 36.9 Å². The minimum absolute atomic E-state index is 0.0340. The van der Waals surface area contributed by atoms with Crippen molar-refractivity contribution >= 4 is 39.1 Å². The number of aromatic nitrogens is 1. The summed E-state index contributed by atoms with van der Waals surface area (Å²) >= 11 is 1.34. The summed E-state index contributed by atoms with van der Waals surface area (Å²) in [5.41, 5.74) is 0.594. The van der Waals surface area contributed by atoms with Gasteiger partial charge in [-0.2, -0.15) is 0 Å². The fourth-order valence-corrected chi connectivity index (χ4v) is 3.50. The first-order valence-electron chi connectivity index (χ1n) is 9.23. The first-order valence-corrected chi connectivity index (χ1v) is 10.1. The Hall–Kier alpha value is -2.77. The van der Waals surface area contributed by atoms with Crippen molar-refractivity contribution in [2.45, 2.75) is 13.3 Å². The molecule has 7 heteroatoms. The molecule has 2 aromatic carbocycles. The number of carbonyl (C=O) groups excluding carboxylic acids is 2. The third-order valence-electron chi connectivity index (χ3n) is 4.24. The largest absolute Gasteiger partial charge is 0.382 e. The number of anilines is 1. The van der Waals surface area contributed by atoms with E-state index in [9.17, 15) is 9.59 Å². The van der Waals surface area contributed by atoms with Crippen LogP contribution in [0.5, 0.6) is 0 Å². The lowest BCUT2D eigenvalue weighted by atomic mass is 10.0. The van der Waals surface area contributed by atoms with Gasteiger partial charge < -0.3 is 15.0 Å². The number of benzene rings is 2. The van der Waals surface area contributed by atoms with E-state index in [2.05, 4.69) is 10.3 Å². The van der Waals surface area contributed by atoms with Crippen molar-refractivity contribution in [2.75, 3.05) is 31.6 Å². The summed E-state index contributed by atoms with van der Waals surface area (Å²) in [6, 6.07) is 13.4. The number of hydrogen-bond acceptors (Lipinski definition) is 5. The number of ether oxygens (including phenoxy) is 1. The third-order valence-corrected chi connectivity index (χ3v) is 4.93. The summed E-state index contributed by atoms with van der Waals surface area (Å²) in [6.07, 6.45) is 2.29. The number of hydrogen-bond donors (Lipinski definition) is 1. The maximum absolute atomic E-state index is 13.3. The Labute approximate surface area is 168 Å². The molecule has 3 aromatic rings. The van der Waals surface area contributed by atoms with Crippen LogP contribution in [0, 0.1) is 0 Å². The number of carbonyl (C=O) groups is 2. The van der Waals surface area contributed by atoms with Gasteiger partial charge in [-0.25, -0.2) is 4.98 Å². The fourth-order valence-electron chi connectivity index (χ4n) is 2.95. The maximum Gasteiger partial charge on any atom is 0.254 e. The molecule has 0 radical (unpaired) electrons. The second-order valence-electron chi connectivity index (χ2n) is 6.19. The predicted molar refractivity (Wildman–Crippen MR) is 112 cm³/mol. The van der Waals surface area contributed by atoms with Gasteiger partial charge >= 0.3 is 0 Å². The SMILES string of the molecule is CCOCCCN(CC(=O)Nc1nccs1)C(=O)c1cccc2ccccc12. The summed E-state index contributed by atoms with van der Waals surface area (Å²) in [4.78, 5) is 31.3. The highest BCUT2D eigenvalue weighted by Crippen LogP contribution is 2.20. The maximum atomic E-state index is 13.3. The van der Waals surface area contributed by atoms with Crippen LogP contribution < -0.4 is 5.32 Å². The molecule has 0 aliphatic rings. The number of thiazole rings is 1. The summed E-state index contributed by atoms with van der Waals surface area (Å²) < 4.78 is 5.38. The summed E-state index contributed by atoms with van der Waals surface area (Å²) in [6.45, 7) is 3.51. The Morgan fingerprint density at radius 2 is 2.00 bits per heavy atom. The van der Waals surface area contributed by atoms with E-state index in [1.165, 1.54) is 11.3 Å². The van der Waals surface area contributed by atoms with Crippen molar-refractivity contribution in [1.82, 2.24) is 9.88 Å². The zero-order valence-corrected chi connectivity index (χ0v) is 16.6. The van der Waals surface area contributed by atoms with Crippen LogP contribution in [-0.4, -0.2) is 48.0 Å². The van der Waals surface area contributed by atoms with Crippen LogP contribution in [0.15, 0.2) is 54.0 Å². The van der Waals surface area contributed by atoms with Crippen molar-refractivity contribution in [3.63, 3.8) is 0 Å². The van der Waals surface area contributed by atoms with Gasteiger partial charge in [0.25, 0.3) is 5.91 Å². The summed E-state index contributed by atoms with van der Waals surface area (Å²) in [7, 11) is 0. The van der Waals surface area contributed by atoms with Gasteiger partial charge in [0.2, 0.25) is 5.91 Å². The highest BCUT2D eigenvalue weighted by molar-refractivity contribution is 7.13. The van der Waals surface area contributed by atoms with Gasteiger partial charge in [0.1, 0.15) is 6.54 Å². The zero-order chi connectivity index (χ0) is 19.8. The first-order chi connectivity index (χ1) is 13.7. The molecule has 3 rings (SSSR count). The molecule has 2 amide bonds. The molecule has 1 N–H and O–H groups in total. The van der Waals surface area contributed by atoms with Crippen LogP contribution in [0.25, 0.3) is 10.8 Å². The van der Waals surface area contributed by atoms with Crippen LogP contribution in [-0.2, 0) is 9.53 Å². The fraction of sp³-hybridized carbons (Fsp3) is 0.286. The lowest BCUT2D eigenvalue weighted by Crippen LogP contribution is -2.39. The van der Waals surface area contributed by atoms with Gasteiger partial charge in [0.15, 0.2) is 5.13 Å². The van der Waals surface area contributed by atoms with Crippen LogP contribution in [0.4, 0.5) is 5.13 Å². The normalized spacial score (nSPS) is 10.8. The molecule has 1 aromatic heterocycles. The van der Waals surface area contributed by atoms with Gasteiger partial charge in [-0.3, -0.25) is 9.59 Å². The van der Waals surface area contributed by atoms with Crippen LogP contribution in [0.1, 0.15) is 23.7 Å². The molecule has 0 aliphatic carbocycles. The number of rotatable bonds is 9. The Kier molecular flexibility index (Phi) is 7.11. The van der Waals surface area contributed by atoms with E-state index in [4.69, 9.17) is 4.74 Å². The van der Waals surface area contributed by atoms with Crippen molar-refractivity contribution in [3.05, 3.63) is 59.6 Å². The van der Waals surface area contributed by atoms with Gasteiger partial charge in [-0.15, -0.1) is 11.3 Å². The molecule has 146 valence electrons. The van der Waals surface area contributed by atoms with Crippen LogP contribution in [0.2, 0.25) is 0 Å². The lowest BCUT2D eigenvalue weighted by molar-refractivity contribution is -0.116. The zero-order valence-electron chi connectivity index (χ0n) is 15.8. The average molecular weight is 398 g/mol. The average Bonchev–Trinajstić information content (AvgIpc) is 3.22. The molecule has 0 fully saturated rings. The van der Waals surface area contributed by atoms with E-state index >= 15 is 0 Å². The molecule has 0 unspecified atom stereocenters. The molecule has 0 aliphatic heterocycles. The second kappa shape index (κ2) is 9.96. The van der Waals surface area contributed by atoms with Gasteiger partial charge in [-0.1, -0.05) is 36.4 Å². The molecular weight excluding hydrogens is 374 g/mol. The lowest BCUT2D eigenvalue weighted by Gasteiger charge is -2.23. The predicted octanol–water partition coefficient (Wildman–Crippen LogP) is 3.80. The molecule has 6 nitrogen and oxygen atoms in total. The van der Waals surface area contributed by atoms with Gasteiger partial charge in [0, 0.05) is 36.9 Å². The molecular formula is C21H23N3O3S. The quantitative estimate of drug-likeness (QED) is 0.558. The molecule has 0 saturated heterocycles. The Balaban J connectivity index is 1.78. The van der Waals surface area contributed by atoms with Crippen molar-refractivity contribution in [1.29, 1.82) is 0 Å². The molecule has 0 saturated carbocycles. The minimum atomic E-state index is -0.264. The van der Waals surface area contributed by atoms with Crippen molar-refractivity contribution in [3.8, 4) is 0 Å². The second-order valence-corrected chi connectivity index (χ2v) is 7.08. The highest BCUT2D eigenvalue weighted by Gasteiger charge is 2.20. The standard InChI is InChI=1S/C21H23N3O3S/c1-2-27-13-6-12-24(15-19(25)23-21-22-11-14-28-21)20(26)18-10-5-8-16-7-3-4-9-17(16)18/h3-5,7-11,14H,2,6,12-13,15H2,1H3,(H,22,23,25). The topological polar surface area (TPSA) is 71.5 Å². The molecule has 0 spiro atoms. The highest BCUT2D eigenvalue weighted by atomic mass is 32.1. The van der Waals surface area contributed by atoms with E-state index in [1.54, 1.807) is 22.5 Å². The molecule has 0 atom stereocenters. The van der Waals surface area contributed by atoms with Gasteiger partial charge in [-0.05, 0) is 30.2 Å². The monoisotopic (exact) mass is 397 g/mol. The van der Waals surface area contributed by atoms with Crippen molar-refractivity contribution in [2.24, 2.45) is 0 Å². The Morgan fingerprint density at radius 1 is 1.18 bits per heavy atom. The molecule has 28 heavy (non-hydrogen) atoms. The Morgan fingerprint density at radius 3 is 2.79 bits per heavy atom. The summed E-state index contributed by atoms with van der Waals surface area (Å²) in [5, 5.41) is 6.93. The number of fused-ring (bicyclic) bond motifs is 1. The first kappa shape index (κ1) is 20.0. The van der Waals surface area contributed by atoms with E-state index in [-0.39, 0.29) is 18.4 Å². The van der Waals surface area contributed by atoms with E-state index < -0.39 is 0 Å². The van der Waals surface area contributed by atoms with E-state index in [1.807, 2.05) is 43.3 Å².